The van der Waals surface area contributed by atoms with Gasteiger partial charge in [0.15, 0.2) is 0 Å². The van der Waals surface area contributed by atoms with Gasteiger partial charge in [0.2, 0.25) is 11.8 Å². The van der Waals surface area contributed by atoms with Crippen LogP contribution in [0.3, 0.4) is 0 Å². The summed E-state index contributed by atoms with van der Waals surface area (Å²) in [4.78, 5) is 28.7. The van der Waals surface area contributed by atoms with E-state index in [1.54, 1.807) is 6.33 Å². The quantitative estimate of drug-likeness (QED) is 0.535. The molecule has 0 atom stereocenters. The summed E-state index contributed by atoms with van der Waals surface area (Å²) in [6.07, 6.45) is 3.65. The largest absolute Gasteiger partial charge is 0.350 e. The number of nitrogens with one attached hydrogen (secondary N) is 2. The topological polar surface area (TPSA) is 113 Å². The second-order valence-corrected chi connectivity index (χ2v) is 6.00. The van der Waals surface area contributed by atoms with Crippen LogP contribution < -0.4 is 10.2 Å². The Morgan fingerprint density at radius 2 is 2.12 bits per heavy atom. The van der Waals surface area contributed by atoms with Crippen LogP contribution in [0.1, 0.15) is 17.0 Å². The van der Waals surface area contributed by atoms with E-state index in [1.807, 2.05) is 35.2 Å². The predicted molar refractivity (Wildman–Crippen MR) is 95.8 cm³/mol. The highest BCUT2D eigenvalue weighted by molar-refractivity contribution is 5.59. The van der Waals surface area contributed by atoms with Crippen molar-refractivity contribution in [3.63, 3.8) is 0 Å². The Morgan fingerprint density at radius 1 is 1.27 bits per heavy atom. The summed E-state index contributed by atoms with van der Waals surface area (Å²) in [5.41, 5.74) is 2.94. The van der Waals surface area contributed by atoms with Crippen LogP contribution in [0, 0.1) is 10.1 Å². The first kappa shape index (κ1) is 16.0. The van der Waals surface area contributed by atoms with E-state index in [0.29, 0.717) is 31.4 Å². The lowest BCUT2D eigenvalue weighted by Gasteiger charge is -2.26. The molecule has 0 fully saturated rings. The fraction of sp³-hybridized carbons (Fsp3) is 0.235. The van der Waals surface area contributed by atoms with Crippen molar-refractivity contribution in [3.05, 3.63) is 69.9 Å². The summed E-state index contributed by atoms with van der Waals surface area (Å²) >= 11 is 0. The first-order chi connectivity index (χ1) is 12.7. The lowest BCUT2D eigenvalue weighted by atomic mass is 10.1. The highest BCUT2D eigenvalue weighted by atomic mass is 16.6. The van der Waals surface area contributed by atoms with Crippen molar-refractivity contribution in [3.8, 4) is 0 Å². The number of anilines is 2. The summed E-state index contributed by atoms with van der Waals surface area (Å²) in [5.74, 6) is 0.677. The van der Waals surface area contributed by atoms with Gasteiger partial charge in [-0.15, -0.1) is 0 Å². The van der Waals surface area contributed by atoms with Crippen LogP contribution >= 0.6 is 0 Å². The number of hydrogen-bond acceptors (Lipinski definition) is 7. The van der Waals surface area contributed by atoms with Gasteiger partial charge in [0.25, 0.3) is 0 Å². The lowest BCUT2D eigenvalue weighted by Crippen LogP contribution is -2.32. The zero-order valence-corrected chi connectivity index (χ0v) is 13.9. The van der Waals surface area contributed by atoms with Gasteiger partial charge >= 0.3 is 5.69 Å². The number of fused-ring (bicyclic) bond motifs is 1. The van der Waals surface area contributed by atoms with E-state index in [4.69, 9.17) is 0 Å². The Balaban J connectivity index is 1.59. The van der Waals surface area contributed by atoms with Gasteiger partial charge in [-0.25, -0.2) is 9.97 Å². The van der Waals surface area contributed by atoms with E-state index in [2.05, 4.69) is 25.3 Å². The molecule has 0 bridgehead atoms. The smallest absolute Gasteiger partial charge is 0.329 e. The van der Waals surface area contributed by atoms with Gasteiger partial charge in [0, 0.05) is 25.2 Å². The number of hydrogen-bond donors (Lipinski definition) is 2. The summed E-state index contributed by atoms with van der Waals surface area (Å²) < 4.78 is 0. The summed E-state index contributed by atoms with van der Waals surface area (Å²) in [6.45, 7) is 1.65. The van der Waals surface area contributed by atoms with Crippen LogP contribution in [0.4, 0.5) is 17.5 Å². The van der Waals surface area contributed by atoms with E-state index in [9.17, 15) is 10.1 Å². The Morgan fingerprint density at radius 3 is 2.92 bits per heavy atom. The third-order valence-electron chi connectivity index (χ3n) is 4.32. The number of nitrogens with zero attached hydrogens (tertiary/aromatic N) is 5. The second-order valence-electron chi connectivity index (χ2n) is 6.00. The molecule has 9 heteroatoms. The third kappa shape index (κ3) is 3.18. The molecule has 1 aromatic carbocycles. The first-order valence-corrected chi connectivity index (χ1v) is 8.26. The number of aromatic nitrogens is 4. The van der Waals surface area contributed by atoms with E-state index in [-0.39, 0.29) is 5.69 Å². The molecule has 3 aromatic rings. The van der Waals surface area contributed by atoms with Gasteiger partial charge in [-0.3, -0.25) is 10.1 Å². The number of nitro groups is 1. The molecule has 3 heterocycles. The van der Waals surface area contributed by atoms with Gasteiger partial charge < -0.3 is 15.2 Å². The Hall–Kier alpha value is -3.49. The molecular formula is C17H17N7O2. The van der Waals surface area contributed by atoms with Crippen molar-refractivity contribution in [2.24, 2.45) is 0 Å². The van der Waals surface area contributed by atoms with Crippen LogP contribution in [-0.2, 0) is 19.5 Å². The Kier molecular flexibility index (Phi) is 4.18. The average Bonchev–Trinajstić information content (AvgIpc) is 3.14. The fourth-order valence-electron chi connectivity index (χ4n) is 2.98. The standard InChI is InChI=1S/C17H17N7O2/c25-24(26)15-9-19-17(18-8-12-4-2-1-3-5-12)22-16(15)23-7-6-13-14(10-23)21-11-20-13/h1-5,9,11H,6-8,10H2,(H,20,21)(H,18,19,22). The summed E-state index contributed by atoms with van der Waals surface area (Å²) in [5, 5.41) is 14.5. The van der Waals surface area contributed by atoms with Crippen molar-refractivity contribution >= 4 is 17.5 Å². The van der Waals surface area contributed by atoms with Crippen LogP contribution in [0.25, 0.3) is 0 Å². The van der Waals surface area contributed by atoms with Gasteiger partial charge in [-0.2, -0.15) is 4.98 Å². The number of H-pyrrole nitrogens is 1. The molecule has 132 valence electrons. The molecule has 2 aromatic heterocycles. The van der Waals surface area contributed by atoms with E-state index in [0.717, 1.165) is 23.4 Å². The highest BCUT2D eigenvalue weighted by Gasteiger charge is 2.27. The van der Waals surface area contributed by atoms with Crippen molar-refractivity contribution in [1.82, 2.24) is 19.9 Å². The molecule has 1 aliphatic rings. The summed E-state index contributed by atoms with van der Waals surface area (Å²) in [6, 6.07) is 9.83. The van der Waals surface area contributed by atoms with Crippen molar-refractivity contribution < 1.29 is 4.92 Å². The Labute approximate surface area is 149 Å². The minimum absolute atomic E-state index is 0.103. The van der Waals surface area contributed by atoms with Gasteiger partial charge in [-0.1, -0.05) is 30.3 Å². The molecule has 9 nitrogen and oxygen atoms in total. The van der Waals surface area contributed by atoms with Crippen molar-refractivity contribution in [1.29, 1.82) is 0 Å². The SMILES string of the molecule is O=[N+]([O-])c1cnc(NCc2ccccc2)nc1N1CCc2[nH]cnc2C1. The molecule has 0 saturated carbocycles. The molecule has 0 unspecified atom stereocenters. The van der Waals surface area contributed by atoms with Gasteiger partial charge in [0.1, 0.15) is 6.20 Å². The molecule has 0 spiro atoms. The fourth-order valence-corrected chi connectivity index (χ4v) is 2.98. The molecule has 0 radical (unpaired) electrons. The number of benzene rings is 1. The molecule has 4 rings (SSSR count). The lowest BCUT2D eigenvalue weighted by molar-refractivity contribution is -0.384. The predicted octanol–water partition coefficient (Wildman–Crippen LogP) is 2.28. The van der Waals surface area contributed by atoms with Crippen LogP contribution in [0.15, 0.2) is 42.9 Å². The molecular weight excluding hydrogens is 334 g/mol. The molecule has 26 heavy (non-hydrogen) atoms. The zero-order valence-electron chi connectivity index (χ0n) is 13.9. The van der Waals surface area contributed by atoms with Crippen LogP contribution in [-0.4, -0.2) is 31.4 Å². The highest BCUT2D eigenvalue weighted by Crippen LogP contribution is 2.29. The molecule has 0 amide bonds. The maximum absolute atomic E-state index is 11.4. The Bertz CT molecular complexity index is 926. The van der Waals surface area contributed by atoms with E-state index >= 15 is 0 Å². The van der Waals surface area contributed by atoms with Crippen molar-refractivity contribution in [2.45, 2.75) is 19.5 Å². The third-order valence-corrected chi connectivity index (χ3v) is 4.32. The molecule has 0 saturated heterocycles. The van der Waals surface area contributed by atoms with Crippen LogP contribution in [0.2, 0.25) is 0 Å². The van der Waals surface area contributed by atoms with E-state index in [1.165, 1.54) is 6.20 Å². The molecule has 2 N–H and O–H groups in total. The van der Waals surface area contributed by atoms with Gasteiger partial charge in [-0.05, 0) is 5.56 Å². The number of rotatable bonds is 5. The monoisotopic (exact) mass is 351 g/mol. The minimum Gasteiger partial charge on any atom is -0.350 e. The van der Waals surface area contributed by atoms with E-state index < -0.39 is 4.92 Å². The van der Waals surface area contributed by atoms with Crippen LogP contribution in [0.5, 0.6) is 0 Å². The normalized spacial score (nSPS) is 13.3. The maximum atomic E-state index is 11.4. The summed E-state index contributed by atoms with van der Waals surface area (Å²) in [7, 11) is 0. The average molecular weight is 351 g/mol. The molecule has 1 aliphatic heterocycles. The number of imidazole rings is 1. The molecule has 0 aliphatic carbocycles. The minimum atomic E-state index is -0.448. The second kappa shape index (κ2) is 6.79. The van der Waals surface area contributed by atoms with Gasteiger partial charge in [0.05, 0.1) is 23.5 Å². The first-order valence-electron chi connectivity index (χ1n) is 8.26. The number of aromatic amines is 1. The van der Waals surface area contributed by atoms with Crippen molar-refractivity contribution in [2.75, 3.05) is 16.8 Å². The maximum Gasteiger partial charge on any atom is 0.329 e. The zero-order chi connectivity index (χ0) is 17.9.